The van der Waals surface area contributed by atoms with E-state index in [0.717, 1.165) is 17.9 Å². The summed E-state index contributed by atoms with van der Waals surface area (Å²) in [5.41, 5.74) is 9.47. The molecule has 0 aromatic heterocycles. The Labute approximate surface area is 91.1 Å². The number of nitrogens with two attached hydrogens (primary N) is 1. The fourth-order valence-corrected chi connectivity index (χ4v) is 2.35. The van der Waals surface area contributed by atoms with Gasteiger partial charge in [0.1, 0.15) is 0 Å². The number of aliphatic hydroxyl groups excluding tert-OH is 1. The van der Waals surface area contributed by atoms with Crippen LogP contribution < -0.4 is 5.73 Å². The molecule has 0 saturated heterocycles. The molecule has 0 amide bonds. The first kappa shape index (κ1) is 10.7. The van der Waals surface area contributed by atoms with E-state index in [-0.39, 0.29) is 6.04 Å². The van der Waals surface area contributed by atoms with E-state index >= 15 is 0 Å². The maximum absolute atomic E-state index is 9.87. The van der Waals surface area contributed by atoms with Gasteiger partial charge >= 0.3 is 0 Å². The first-order valence-corrected chi connectivity index (χ1v) is 5.63. The average molecular weight is 205 g/mol. The molecule has 2 rings (SSSR count). The highest BCUT2D eigenvalue weighted by Gasteiger charge is 2.20. The second kappa shape index (κ2) is 3.95. The summed E-state index contributed by atoms with van der Waals surface area (Å²) in [6, 6.07) is 6.05. The predicted molar refractivity (Wildman–Crippen MR) is 61.6 cm³/mol. The largest absolute Gasteiger partial charge is 0.387 e. The lowest BCUT2D eigenvalue weighted by atomic mass is 9.99. The van der Waals surface area contributed by atoms with E-state index in [2.05, 4.69) is 19.1 Å². The second-order valence-electron chi connectivity index (χ2n) is 4.85. The molecule has 2 heteroatoms. The minimum absolute atomic E-state index is 0.207. The summed E-state index contributed by atoms with van der Waals surface area (Å²) in [5, 5.41) is 9.87. The maximum atomic E-state index is 9.87. The molecule has 3 atom stereocenters. The zero-order valence-corrected chi connectivity index (χ0v) is 9.40. The lowest BCUT2D eigenvalue weighted by Crippen LogP contribution is -2.24. The van der Waals surface area contributed by atoms with Gasteiger partial charge < -0.3 is 10.8 Å². The molecular formula is C13H19NO. The molecule has 0 fully saturated rings. The Morgan fingerprint density at radius 3 is 2.67 bits per heavy atom. The Kier molecular flexibility index (Phi) is 2.81. The fourth-order valence-electron chi connectivity index (χ4n) is 2.35. The zero-order valence-electron chi connectivity index (χ0n) is 9.40. The first-order valence-electron chi connectivity index (χ1n) is 5.63. The van der Waals surface area contributed by atoms with Crippen molar-refractivity contribution in [3.8, 4) is 0 Å². The average Bonchev–Trinajstić information content (AvgIpc) is 2.55. The zero-order chi connectivity index (χ0) is 11.0. The SMILES string of the molecule is CC1Cc2ccc(C(O)C(C)N)cc2C1. The third-order valence-electron chi connectivity index (χ3n) is 3.21. The molecule has 2 nitrogen and oxygen atoms in total. The van der Waals surface area contributed by atoms with Gasteiger partial charge in [-0.05, 0) is 42.4 Å². The molecule has 3 N–H and O–H groups in total. The number of aliphatic hydroxyl groups is 1. The monoisotopic (exact) mass is 205 g/mol. The molecule has 3 unspecified atom stereocenters. The molecule has 0 aliphatic heterocycles. The third kappa shape index (κ3) is 2.06. The van der Waals surface area contributed by atoms with E-state index in [9.17, 15) is 5.11 Å². The van der Waals surface area contributed by atoms with E-state index < -0.39 is 6.10 Å². The molecule has 1 aliphatic rings. The highest BCUT2D eigenvalue weighted by atomic mass is 16.3. The van der Waals surface area contributed by atoms with Gasteiger partial charge in [-0.1, -0.05) is 25.1 Å². The van der Waals surface area contributed by atoms with E-state index in [1.54, 1.807) is 0 Å². The number of benzene rings is 1. The Morgan fingerprint density at radius 2 is 2.00 bits per heavy atom. The standard InChI is InChI=1S/C13H19NO/c1-8-5-10-3-4-11(7-12(10)6-8)13(15)9(2)14/h3-4,7-9,13,15H,5-6,14H2,1-2H3. The minimum Gasteiger partial charge on any atom is -0.387 e. The second-order valence-corrected chi connectivity index (χ2v) is 4.85. The van der Waals surface area contributed by atoms with Crippen LogP contribution in [0, 0.1) is 5.92 Å². The van der Waals surface area contributed by atoms with Crippen molar-refractivity contribution in [1.29, 1.82) is 0 Å². The van der Waals surface area contributed by atoms with Crippen molar-refractivity contribution < 1.29 is 5.11 Å². The van der Waals surface area contributed by atoms with Gasteiger partial charge in [0.25, 0.3) is 0 Å². The summed E-state index contributed by atoms with van der Waals surface area (Å²) in [4.78, 5) is 0. The first-order chi connectivity index (χ1) is 7.08. The Balaban J connectivity index is 2.27. The lowest BCUT2D eigenvalue weighted by Gasteiger charge is -2.15. The van der Waals surface area contributed by atoms with Crippen LogP contribution in [0.2, 0.25) is 0 Å². The molecule has 0 bridgehead atoms. The Bertz CT molecular complexity index is 360. The van der Waals surface area contributed by atoms with Crippen molar-refractivity contribution in [3.05, 3.63) is 34.9 Å². The van der Waals surface area contributed by atoms with Gasteiger partial charge in [0.05, 0.1) is 6.10 Å². The minimum atomic E-state index is -0.536. The molecule has 15 heavy (non-hydrogen) atoms. The fraction of sp³-hybridized carbons (Fsp3) is 0.538. The topological polar surface area (TPSA) is 46.2 Å². The molecule has 1 aromatic rings. The van der Waals surface area contributed by atoms with E-state index in [1.807, 2.05) is 13.0 Å². The van der Waals surface area contributed by atoms with Crippen LogP contribution in [0.25, 0.3) is 0 Å². The van der Waals surface area contributed by atoms with Crippen LogP contribution in [0.5, 0.6) is 0 Å². The smallest absolute Gasteiger partial charge is 0.0938 e. The van der Waals surface area contributed by atoms with Gasteiger partial charge in [0.15, 0.2) is 0 Å². The quantitative estimate of drug-likeness (QED) is 0.773. The summed E-state index contributed by atoms with van der Waals surface area (Å²) in [7, 11) is 0. The summed E-state index contributed by atoms with van der Waals surface area (Å²) in [6.07, 6.45) is 1.77. The lowest BCUT2D eigenvalue weighted by molar-refractivity contribution is 0.153. The summed E-state index contributed by atoms with van der Waals surface area (Å²) < 4.78 is 0. The van der Waals surface area contributed by atoms with Gasteiger partial charge in [-0.25, -0.2) is 0 Å². The molecule has 0 heterocycles. The van der Waals surface area contributed by atoms with E-state index in [1.165, 1.54) is 17.5 Å². The van der Waals surface area contributed by atoms with Crippen LogP contribution in [-0.2, 0) is 12.8 Å². The van der Waals surface area contributed by atoms with Crippen LogP contribution in [0.4, 0.5) is 0 Å². The van der Waals surface area contributed by atoms with Crippen molar-refractivity contribution >= 4 is 0 Å². The van der Waals surface area contributed by atoms with Crippen LogP contribution in [0.1, 0.15) is 36.6 Å². The molecule has 1 aliphatic carbocycles. The van der Waals surface area contributed by atoms with Crippen molar-refractivity contribution in [2.45, 2.75) is 38.8 Å². The normalized spacial score (nSPS) is 23.6. The number of fused-ring (bicyclic) bond motifs is 1. The number of hydrogen-bond acceptors (Lipinski definition) is 2. The van der Waals surface area contributed by atoms with Crippen molar-refractivity contribution in [2.24, 2.45) is 11.7 Å². The highest BCUT2D eigenvalue weighted by molar-refractivity contribution is 5.37. The van der Waals surface area contributed by atoms with E-state index in [4.69, 9.17) is 5.73 Å². The van der Waals surface area contributed by atoms with Crippen LogP contribution in [0.15, 0.2) is 18.2 Å². The van der Waals surface area contributed by atoms with Gasteiger partial charge in [-0.15, -0.1) is 0 Å². The summed E-state index contributed by atoms with van der Waals surface area (Å²) in [6.45, 7) is 4.10. The van der Waals surface area contributed by atoms with Gasteiger partial charge in [-0.2, -0.15) is 0 Å². The molecule has 1 aromatic carbocycles. The maximum Gasteiger partial charge on any atom is 0.0938 e. The van der Waals surface area contributed by atoms with Crippen molar-refractivity contribution in [2.75, 3.05) is 0 Å². The van der Waals surface area contributed by atoms with Gasteiger partial charge in [0.2, 0.25) is 0 Å². The number of hydrogen-bond donors (Lipinski definition) is 2. The predicted octanol–water partition coefficient (Wildman–Crippen LogP) is 1.80. The Morgan fingerprint density at radius 1 is 1.33 bits per heavy atom. The van der Waals surface area contributed by atoms with Crippen LogP contribution in [0.3, 0.4) is 0 Å². The summed E-state index contributed by atoms with van der Waals surface area (Å²) >= 11 is 0. The molecular weight excluding hydrogens is 186 g/mol. The highest BCUT2D eigenvalue weighted by Crippen LogP contribution is 2.29. The van der Waals surface area contributed by atoms with Crippen molar-refractivity contribution in [3.63, 3.8) is 0 Å². The van der Waals surface area contributed by atoms with Gasteiger partial charge in [-0.3, -0.25) is 0 Å². The Hall–Kier alpha value is -0.860. The molecule has 82 valence electrons. The third-order valence-corrected chi connectivity index (χ3v) is 3.21. The molecule has 0 saturated carbocycles. The van der Waals surface area contributed by atoms with E-state index in [0.29, 0.717) is 0 Å². The molecule has 0 radical (unpaired) electrons. The summed E-state index contributed by atoms with van der Waals surface area (Å²) in [5.74, 6) is 0.739. The van der Waals surface area contributed by atoms with Crippen LogP contribution in [-0.4, -0.2) is 11.1 Å². The van der Waals surface area contributed by atoms with Gasteiger partial charge in [0, 0.05) is 6.04 Å². The number of rotatable bonds is 2. The molecule has 0 spiro atoms. The van der Waals surface area contributed by atoms with Crippen molar-refractivity contribution in [1.82, 2.24) is 0 Å². The van der Waals surface area contributed by atoms with Crippen LogP contribution >= 0.6 is 0 Å².